The Labute approximate surface area is 104 Å². The summed E-state index contributed by atoms with van der Waals surface area (Å²) in [7, 11) is 0. The van der Waals surface area contributed by atoms with E-state index in [1.165, 1.54) is 18.2 Å². The fourth-order valence-corrected chi connectivity index (χ4v) is 1.51. The maximum atomic E-state index is 12.8. The van der Waals surface area contributed by atoms with Crippen LogP contribution in [0.5, 0.6) is 5.75 Å². The highest BCUT2D eigenvalue weighted by Gasteiger charge is 2.37. The van der Waals surface area contributed by atoms with Crippen molar-refractivity contribution in [3.63, 3.8) is 0 Å². The molecular weight excluding hydrogens is 265 g/mol. The molecule has 1 aromatic heterocycles. The van der Waals surface area contributed by atoms with E-state index in [9.17, 15) is 23.1 Å². The van der Waals surface area contributed by atoms with Crippen molar-refractivity contribution < 1.29 is 28.2 Å². The molecule has 2 rings (SSSR count). The number of aromatic hydroxyl groups is 1. The van der Waals surface area contributed by atoms with Crippen LogP contribution in [-0.4, -0.2) is 26.0 Å². The molecule has 0 amide bonds. The van der Waals surface area contributed by atoms with E-state index in [1.807, 2.05) is 0 Å². The van der Waals surface area contributed by atoms with Gasteiger partial charge in [-0.3, -0.25) is 0 Å². The molecule has 1 heterocycles. The fourth-order valence-electron chi connectivity index (χ4n) is 1.51. The Morgan fingerprint density at radius 3 is 2.47 bits per heavy atom. The Morgan fingerprint density at radius 2 is 1.95 bits per heavy atom. The van der Waals surface area contributed by atoms with E-state index in [0.29, 0.717) is 10.7 Å². The number of carboxylic acids is 1. The largest absolute Gasteiger partial charge is 0.508 e. The zero-order valence-corrected chi connectivity index (χ0v) is 9.22. The van der Waals surface area contributed by atoms with Gasteiger partial charge in [0.1, 0.15) is 11.4 Å². The molecule has 0 aliphatic heterocycles. The number of carboxylic acid groups (broad SMARTS) is 1. The van der Waals surface area contributed by atoms with Gasteiger partial charge in [0.2, 0.25) is 0 Å². The maximum absolute atomic E-state index is 12.8. The molecule has 0 saturated carbocycles. The van der Waals surface area contributed by atoms with Crippen molar-refractivity contribution in [3.05, 3.63) is 41.7 Å². The van der Waals surface area contributed by atoms with Gasteiger partial charge in [-0.1, -0.05) is 6.07 Å². The molecule has 0 radical (unpaired) electrons. The SMILES string of the molecule is O=C(O)c1cc(C(F)(F)F)n(-c2cccc(O)c2)n1. The Morgan fingerprint density at radius 1 is 1.26 bits per heavy atom. The number of hydrogen-bond acceptors (Lipinski definition) is 3. The minimum Gasteiger partial charge on any atom is -0.508 e. The first-order valence-electron chi connectivity index (χ1n) is 4.99. The van der Waals surface area contributed by atoms with E-state index in [1.54, 1.807) is 0 Å². The minimum absolute atomic E-state index is 0.0835. The highest BCUT2D eigenvalue weighted by molar-refractivity contribution is 5.85. The first-order valence-corrected chi connectivity index (χ1v) is 4.99. The highest BCUT2D eigenvalue weighted by atomic mass is 19.4. The second kappa shape index (κ2) is 4.30. The lowest BCUT2D eigenvalue weighted by molar-refractivity contribution is -0.142. The Kier molecular flexibility index (Phi) is 2.93. The number of phenolic OH excluding ortho intramolecular Hbond substituents is 1. The first-order chi connectivity index (χ1) is 8.79. The summed E-state index contributed by atoms with van der Waals surface area (Å²) in [6.07, 6.45) is -4.76. The Hall–Kier alpha value is -2.51. The van der Waals surface area contributed by atoms with E-state index in [-0.39, 0.29) is 11.4 Å². The van der Waals surface area contributed by atoms with E-state index in [4.69, 9.17) is 5.11 Å². The lowest BCUT2D eigenvalue weighted by Crippen LogP contribution is -2.13. The molecule has 5 nitrogen and oxygen atoms in total. The fraction of sp³-hybridized carbons (Fsp3) is 0.0909. The van der Waals surface area contributed by atoms with Crippen LogP contribution in [0, 0.1) is 0 Å². The summed E-state index contributed by atoms with van der Waals surface area (Å²) in [5.41, 5.74) is -2.04. The molecule has 0 spiro atoms. The van der Waals surface area contributed by atoms with Gasteiger partial charge in [0.25, 0.3) is 0 Å². The summed E-state index contributed by atoms with van der Waals surface area (Å²) < 4.78 is 38.8. The molecule has 19 heavy (non-hydrogen) atoms. The maximum Gasteiger partial charge on any atom is 0.433 e. The van der Waals surface area contributed by atoms with Gasteiger partial charge >= 0.3 is 12.1 Å². The second-order valence-corrected chi connectivity index (χ2v) is 3.65. The smallest absolute Gasteiger partial charge is 0.433 e. The van der Waals surface area contributed by atoms with E-state index in [2.05, 4.69) is 5.10 Å². The highest BCUT2D eigenvalue weighted by Crippen LogP contribution is 2.32. The van der Waals surface area contributed by atoms with Crippen molar-refractivity contribution in [2.75, 3.05) is 0 Å². The number of benzene rings is 1. The average Bonchev–Trinajstić information content (AvgIpc) is 2.73. The first kappa shape index (κ1) is 12.9. The average molecular weight is 272 g/mol. The number of halogens is 3. The zero-order chi connectivity index (χ0) is 14.2. The summed E-state index contributed by atoms with van der Waals surface area (Å²) >= 11 is 0. The van der Waals surface area contributed by atoms with Crippen LogP contribution >= 0.6 is 0 Å². The number of carbonyl (C=O) groups is 1. The van der Waals surface area contributed by atoms with Gasteiger partial charge in [0, 0.05) is 12.1 Å². The van der Waals surface area contributed by atoms with Crippen molar-refractivity contribution in [1.29, 1.82) is 0 Å². The molecule has 0 aliphatic rings. The quantitative estimate of drug-likeness (QED) is 0.879. The Balaban J connectivity index is 2.64. The topological polar surface area (TPSA) is 75.3 Å². The van der Waals surface area contributed by atoms with Crippen LogP contribution in [0.15, 0.2) is 30.3 Å². The third-order valence-electron chi connectivity index (χ3n) is 2.29. The summed E-state index contributed by atoms with van der Waals surface area (Å²) in [5, 5.41) is 21.3. The van der Waals surface area contributed by atoms with Gasteiger partial charge in [0.15, 0.2) is 5.69 Å². The molecule has 0 atom stereocenters. The molecule has 0 saturated heterocycles. The van der Waals surface area contributed by atoms with Crippen molar-refractivity contribution >= 4 is 5.97 Å². The number of rotatable bonds is 2. The van der Waals surface area contributed by atoms with Crippen LogP contribution in [0.1, 0.15) is 16.2 Å². The third-order valence-corrected chi connectivity index (χ3v) is 2.29. The van der Waals surface area contributed by atoms with Crippen LogP contribution < -0.4 is 0 Å². The molecular formula is C11H7F3N2O3. The van der Waals surface area contributed by atoms with Gasteiger partial charge in [-0.25, -0.2) is 9.48 Å². The summed E-state index contributed by atoms with van der Waals surface area (Å²) in [5.74, 6) is -1.82. The van der Waals surface area contributed by atoms with E-state index in [0.717, 1.165) is 6.07 Å². The number of alkyl halides is 3. The molecule has 1 aromatic carbocycles. The predicted molar refractivity (Wildman–Crippen MR) is 57.2 cm³/mol. The number of hydrogen-bond donors (Lipinski definition) is 2. The number of phenols is 1. The van der Waals surface area contributed by atoms with Crippen molar-refractivity contribution in [1.82, 2.24) is 9.78 Å². The van der Waals surface area contributed by atoms with Gasteiger partial charge in [0.05, 0.1) is 5.69 Å². The molecule has 8 heteroatoms. The molecule has 0 aliphatic carbocycles. The van der Waals surface area contributed by atoms with Gasteiger partial charge in [-0.15, -0.1) is 0 Å². The molecule has 100 valence electrons. The van der Waals surface area contributed by atoms with Crippen LogP contribution in [-0.2, 0) is 6.18 Å². The van der Waals surface area contributed by atoms with Gasteiger partial charge in [-0.05, 0) is 12.1 Å². The lowest BCUT2D eigenvalue weighted by Gasteiger charge is -2.10. The molecule has 2 N–H and O–H groups in total. The van der Waals surface area contributed by atoms with Crippen molar-refractivity contribution in [2.45, 2.75) is 6.18 Å². The lowest BCUT2D eigenvalue weighted by atomic mass is 10.3. The molecule has 0 bridgehead atoms. The van der Waals surface area contributed by atoms with Crippen LogP contribution in [0.2, 0.25) is 0 Å². The number of nitrogens with zero attached hydrogens (tertiary/aromatic N) is 2. The summed E-state index contributed by atoms with van der Waals surface area (Å²) in [6.45, 7) is 0. The van der Waals surface area contributed by atoms with Crippen molar-refractivity contribution in [2.24, 2.45) is 0 Å². The standard InChI is InChI=1S/C11H7F3N2O3/c12-11(13,14)9-5-8(10(18)19)15-16(9)6-2-1-3-7(17)4-6/h1-5,17H,(H,18,19). The third kappa shape index (κ3) is 2.51. The number of aromatic carboxylic acids is 1. The van der Waals surface area contributed by atoms with Crippen LogP contribution in [0.25, 0.3) is 5.69 Å². The van der Waals surface area contributed by atoms with Gasteiger partial charge in [-0.2, -0.15) is 18.3 Å². The van der Waals surface area contributed by atoms with E-state index < -0.39 is 23.5 Å². The van der Waals surface area contributed by atoms with E-state index >= 15 is 0 Å². The molecule has 0 fully saturated rings. The second-order valence-electron chi connectivity index (χ2n) is 3.65. The molecule has 2 aromatic rings. The number of aromatic nitrogens is 2. The van der Waals surface area contributed by atoms with Crippen LogP contribution in [0.3, 0.4) is 0 Å². The van der Waals surface area contributed by atoms with Crippen LogP contribution in [0.4, 0.5) is 13.2 Å². The Bertz CT molecular complexity index is 634. The molecule has 0 unspecified atom stereocenters. The normalized spacial score (nSPS) is 11.5. The summed E-state index contributed by atoms with van der Waals surface area (Å²) in [6, 6.07) is 5.36. The van der Waals surface area contributed by atoms with Gasteiger partial charge < -0.3 is 10.2 Å². The monoisotopic (exact) mass is 272 g/mol. The van der Waals surface area contributed by atoms with Crippen molar-refractivity contribution in [3.8, 4) is 11.4 Å². The minimum atomic E-state index is -4.76. The summed E-state index contributed by atoms with van der Waals surface area (Å²) in [4.78, 5) is 10.7. The zero-order valence-electron chi connectivity index (χ0n) is 9.22. The predicted octanol–water partition coefficient (Wildman–Crippen LogP) is 2.29.